The van der Waals surface area contributed by atoms with Gasteiger partial charge in [0.2, 0.25) is 10.0 Å². The van der Waals surface area contributed by atoms with Gasteiger partial charge in [-0.2, -0.15) is 4.31 Å². The maximum Gasteiger partial charge on any atom is 0.243 e. The summed E-state index contributed by atoms with van der Waals surface area (Å²) in [6.45, 7) is 3.28. The Morgan fingerprint density at radius 3 is 2.84 bits per heavy atom. The predicted octanol–water partition coefficient (Wildman–Crippen LogP) is 1.58. The first kappa shape index (κ1) is 13.1. The summed E-state index contributed by atoms with van der Waals surface area (Å²) in [6, 6.07) is 5.58. The third kappa shape index (κ3) is 2.42. The Morgan fingerprint density at radius 2 is 2.05 bits per heavy atom. The molecule has 1 atom stereocenters. The van der Waals surface area contributed by atoms with Crippen LogP contribution in [0.25, 0.3) is 0 Å². The van der Waals surface area contributed by atoms with E-state index in [1.54, 1.807) is 6.07 Å². The second-order valence-electron chi connectivity index (χ2n) is 5.33. The van der Waals surface area contributed by atoms with Gasteiger partial charge in [-0.05, 0) is 49.4 Å². The molecule has 3 rings (SSSR count). The highest BCUT2D eigenvalue weighted by Crippen LogP contribution is 2.26. The topological polar surface area (TPSA) is 46.6 Å². The molecule has 1 fully saturated rings. The monoisotopic (exact) mass is 281 g/mol. The largest absolute Gasteiger partial charge is 0.376 e. The molecule has 0 N–H and O–H groups in total. The molecule has 0 saturated carbocycles. The zero-order chi connectivity index (χ0) is 13.5. The van der Waals surface area contributed by atoms with Crippen molar-refractivity contribution < 1.29 is 13.2 Å². The Morgan fingerprint density at radius 1 is 1.26 bits per heavy atom. The number of nitrogens with zero attached hydrogens (tertiary/aromatic N) is 1. The number of morpholine rings is 1. The third-order valence-electron chi connectivity index (χ3n) is 3.91. The lowest BCUT2D eigenvalue weighted by molar-refractivity contribution is 0.0102. The van der Waals surface area contributed by atoms with Crippen LogP contribution in [-0.4, -0.2) is 38.5 Å². The van der Waals surface area contributed by atoms with Crippen LogP contribution >= 0.6 is 0 Å². The smallest absolute Gasteiger partial charge is 0.243 e. The number of hydrogen-bond donors (Lipinski definition) is 0. The first-order valence-electron chi connectivity index (χ1n) is 6.81. The van der Waals surface area contributed by atoms with E-state index in [4.69, 9.17) is 4.74 Å². The average Bonchev–Trinajstić information content (AvgIpc) is 2.85. The maximum atomic E-state index is 12.6. The number of ether oxygens (including phenoxy) is 1. The number of hydrogen-bond acceptors (Lipinski definition) is 3. The molecule has 2 aliphatic rings. The Bertz CT molecular complexity index is 582. The fourth-order valence-electron chi connectivity index (χ4n) is 2.86. The van der Waals surface area contributed by atoms with Gasteiger partial charge in [0, 0.05) is 13.1 Å². The van der Waals surface area contributed by atoms with Crippen LogP contribution in [0, 0.1) is 0 Å². The van der Waals surface area contributed by atoms with Crippen molar-refractivity contribution in [2.75, 3.05) is 19.7 Å². The summed E-state index contributed by atoms with van der Waals surface area (Å²) >= 11 is 0. The van der Waals surface area contributed by atoms with Crippen LogP contribution in [0.4, 0.5) is 0 Å². The lowest BCUT2D eigenvalue weighted by Gasteiger charge is -2.30. The van der Waals surface area contributed by atoms with Crippen LogP contribution in [0.2, 0.25) is 0 Å². The second-order valence-corrected chi connectivity index (χ2v) is 7.27. The first-order valence-corrected chi connectivity index (χ1v) is 8.25. The molecule has 0 aromatic heterocycles. The summed E-state index contributed by atoms with van der Waals surface area (Å²) in [5, 5.41) is 0. The van der Waals surface area contributed by atoms with Crippen molar-refractivity contribution in [3.63, 3.8) is 0 Å². The highest BCUT2D eigenvalue weighted by Gasteiger charge is 2.29. The van der Waals surface area contributed by atoms with E-state index in [1.165, 1.54) is 15.4 Å². The minimum atomic E-state index is -3.36. The van der Waals surface area contributed by atoms with E-state index < -0.39 is 10.0 Å². The quantitative estimate of drug-likeness (QED) is 0.827. The Hall–Kier alpha value is -0.910. The van der Waals surface area contributed by atoms with E-state index in [-0.39, 0.29) is 6.10 Å². The lowest BCUT2D eigenvalue weighted by Crippen LogP contribution is -2.44. The van der Waals surface area contributed by atoms with Gasteiger partial charge in [0.25, 0.3) is 0 Å². The number of fused-ring (bicyclic) bond motifs is 1. The van der Waals surface area contributed by atoms with Gasteiger partial charge >= 0.3 is 0 Å². The van der Waals surface area contributed by atoms with Crippen molar-refractivity contribution in [3.05, 3.63) is 29.3 Å². The standard InChI is InChI=1S/C14H19NO3S/c1-11-10-15(7-8-18-11)19(16,17)14-6-5-12-3-2-4-13(12)9-14/h5-6,9,11H,2-4,7-8,10H2,1H3. The van der Waals surface area contributed by atoms with Gasteiger partial charge in [0.05, 0.1) is 17.6 Å². The van der Waals surface area contributed by atoms with Crippen molar-refractivity contribution in [1.82, 2.24) is 4.31 Å². The summed E-state index contributed by atoms with van der Waals surface area (Å²) in [5.41, 5.74) is 2.50. The molecule has 1 heterocycles. The molecule has 0 bridgehead atoms. The molecule has 4 nitrogen and oxygen atoms in total. The predicted molar refractivity (Wildman–Crippen MR) is 72.6 cm³/mol. The van der Waals surface area contributed by atoms with Gasteiger partial charge in [0.15, 0.2) is 0 Å². The minimum Gasteiger partial charge on any atom is -0.376 e. The molecule has 19 heavy (non-hydrogen) atoms. The molecule has 1 unspecified atom stereocenters. The highest BCUT2D eigenvalue weighted by molar-refractivity contribution is 7.89. The van der Waals surface area contributed by atoms with Crippen LogP contribution in [0.15, 0.2) is 23.1 Å². The van der Waals surface area contributed by atoms with Gasteiger partial charge in [-0.1, -0.05) is 6.07 Å². The molecule has 1 aliphatic carbocycles. The van der Waals surface area contributed by atoms with Crippen molar-refractivity contribution in [3.8, 4) is 0 Å². The third-order valence-corrected chi connectivity index (χ3v) is 5.77. The Balaban J connectivity index is 1.91. The summed E-state index contributed by atoms with van der Waals surface area (Å²) in [5.74, 6) is 0. The summed E-state index contributed by atoms with van der Waals surface area (Å²) < 4.78 is 32.2. The fourth-order valence-corrected chi connectivity index (χ4v) is 4.41. The second kappa shape index (κ2) is 4.89. The normalized spacial score (nSPS) is 24.4. The maximum absolute atomic E-state index is 12.6. The summed E-state index contributed by atoms with van der Waals surface area (Å²) in [4.78, 5) is 0.433. The minimum absolute atomic E-state index is 0.0297. The first-order chi connectivity index (χ1) is 9.07. The zero-order valence-electron chi connectivity index (χ0n) is 11.1. The zero-order valence-corrected chi connectivity index (χ0v) is 11.9. The van der Waals surface area contributed by atoms with E-state index in [2.05, 4.69) is 0 Å². The fraction of sp³-hybridized carbons (Fsp3) is 0.571. The number of benzene rings is 1. The molecule has 0 spiro atoms. The summed E-state index contributed by atoms with van der Waals surface area (Å²) in [7, 11) is -3.36. The van der Waals surface area contributed by atoms with Crippen molar-refractivity contribution in [2.24, 2.45) is 0 Å². The van der Waals surface area contributed by atoms with Crippen molar-refractivity contribution >= 4 is 10.0 Å². The number of aryl methyl sites for hydroxylation is 2. The lowest BCUT2D eigenvalue weighted by atomic mass is 10.1. The van der Waals surface area contributed by atoms with Crippen LogP contribution < -0.4 is 0 Å². The molecule has 1 aromatic rings. The molecule has 1 saturated heterocycles. The van der Waals surface area contributed by atoms with Crippen LogP contribution in [-0.2, 0) is 27.6 Å². The van der Waals surface area contributed by atoms with E-state index in [0.29, 0.717) is 24.6 Å². The number of rotatable bonds is 2. The summed E-state index contributed by atoms with van der Waals surface area (Å²) in [6.07, 6.45) is 3.17. The van der Waals surface area contributed by atoms with E-state index >= 15 is 0 Å². The van der Waals surface area contributed by atoms with Gasteiger partial charge in [0.1, 0.15) is 0 Å². The van der Waals surface area contributed by atoms with Crippen LogP contribution in [0.1, 0.15) is 24.5 Å². The SMILES string of the molecule is CC1CN(S(=O)(=O)c2ccc3c(c2)CCC3)CCO1. The van der Waals surface area contributed by atoms with E-state index in [0.717, 1.165) is 19.3 Å². The molecule has 1 aromatic carbocycles. The van der Waals surface area contributed by atoms with Crippen LogP contribution in [0.5, 0.6) is 0 Å². The van der Waals surface area contributed by atoms with E-state index in [1.807, 2.05) is 19.1 Å². The van der Waals surface area contributed by atoms with Crippen molar-refractivity contribution in [1.29, 1.82) is 0 Å². The molecule has 1 aliphatic heterocycles. The number of sulfonamides is 1. The van der Waals surface area contributed by atoms with Gasteiger partial charge in [-0.15, -0.1) is 0 Å². The molecule has 0 radical (unpaired) electrons. The highest BCUT2D eigenvalue weighted by atomic mass is 32.2. The van der Waals surface area contributed by atoms with Gasteiger partial charge in [-0.3, -0.25) is 0 Å². The van der Waals surface area contributed by atoms with Gasteiger partial charge in [-0.25, -0.2) is 8.42 Å². The molecule has 104 valence electrons. The molecule has 0 amide bonds. The Kier molecular flexibility index (Phi) is 3.37. The molecule has 5 heteroatoms. The molecular formula is C14H19NO3S. The molecular weight excluding hydrogens is 262 g/mol. The Labute approximate surface area is 114 Å². The van der Waals surface area contributed by atoms with E-state index in [9.17, 15) is 8.42 Å². The van der Waals surface area contributed by atoms with Crippen LogP contribution in [0.3, 0.4) is 0 Å². The van der Waals surface area contributed by atoms with Gasteiger partial charge < -0.3 is 4.74 Å². The van der Waals surface area contributed by atoms with Crippen molar-refractivity contribution in [2.45, 2.75) is 37.2 Å². The average molecular weight is 281 g/mol.